The zero-order valence-electron chi connectivity index (χ0n) is 26.3. The number of fused-ring (bicyclic) bond motifs is 5. The first-order valence-corrected chi connectivity index (χ1v) is 18.0. The summed E-state index contributed by atoms with van der Waals surface area (Å²) in [4.78, 5) is 4.51. The Labute approximate surface area is 254 Å². The van der Waals surface area contributed by atoms with Crippen molar-refractivity contribution < 1.29 is 22.3 Å². The Kier molecular flexibility index (Phi) is 11.9. The number of hydrogen-bond donors (Lipinski definition) is 4. The Morgan fingerprint density at radius 1 is 1.07 bits per heavy atom. The van der Waals surface area contributed by atoms with Crippen molar-refractivity contribution in [2.75, 3.05) is 39.3 Å². The van der Waals surface area contributed by atoms with Gasteiger partial charge in [0.15, 0.2) is 0 Å². The van der Waals surface area contributed by atoms with Gasteiger partial charge in [-0.2, -0.15) is 8.42 Å². The average molecular weight is 610 g/mol. The highest BCUT2D eigenvalue weighted by atomic mass is 32.3. The maximum atomic E-state index is 13.2. The van der Waals surface area contributed by atoms with Crippen LogP contribution in [0.2, 0.25) is 0 Å². The molecule has 0 aromatic carbocycles. The van der Waals surface area contributed by atoms with Crippen LogP contribution in [0.15, 0.2) is 16.6 Å². The van der Waals surface area contributed by atoms with Gasteiger partial charge in [0.2, 0.25) is 0 Å². The van der Waals surface area contributed by atoms with Gasteiger partial charge >= 0.3 is 10.4 Å². The molecule has 0 radical (unpaired) electrons. The summed E-state index contributed by atoms with van der Waals surface area (Å²) in [5.41, 5.74) is 7.05. The standard InChI is InChI=1S/C32H58N4O5S/c1-23(30(37)36-21-7-20-35-18-5-4-17-34-19-6-16-33)27-10-11-28-26-9-8-24-22-25(41-42(38,39)40)12-14-31(24,2)29(26)13-15-32(27,28)3/h8,23,25-29,34-35H,4-7,9-22,33H2,1-3H3,(H,36,37)(H,38,39,40)/p-1/t23?,25-,26-,27+,28-,29-,31-,32+/m0/s1. The Hall–Kier alpha value is -1.04. The Morgan fingerprint density at radius 2 is 1.76 bits per heavy atom. The van der Waals surface area contributed by atoms with E-state index >= 15 is 0 Å². The van der Waals surface area contributed by atoms with Crippen LogP contribution in [0.25, 0.3) is 0 Å². The van der Waals surface area contributed by atoms with Crippen molar-refractivity contribution in [3.8, 4) is 0 Å². The molecule has 4 aliphatic carbocycles. The molecule has 9 nitrogen and oxygen atoms in total. The van der Waals surface area contributed by atoms with E-state index in [0.29, 0.717) is 43.1 Å². The molecule has 242 valence electrons. The first-order valence-electron chi connectivity index (χ1n) is 16.7. The molecule has 8 atom stereocenters. The Balaban J connectivity index is 1.25. The maximum absolute atomic E-state index is 13.2. The normalized spacial score (nSPS) is 35.7. The summed E-state index contributed by atoms with van der Waals surface area (Å²) < 4.78 is 36.8. The van der Waals surface area contributed by atoms with E-state index in [1.54, 1.807) is 0 Å². The fraction of sp³-hybridized carbons (Fsp3) is 0.906. The van der Waals surface area contributed by atoms with Gasteiger partial charge in [0.25, 0.3) is 0 Å². The number of unbranched alkanes of at least 4 members (excludes halogenated alkanes) is 1. The molecule has 4 rings (SSSR count). The van der Waals surface area contributed by atoms with Crippen molar-refractivity contribution in [2.45, 2.75) is 104 Å². The third kappa shape index (κ3) is 7.96. The first kappa shape index (κ1) is 33.8. The quantitative estimate of drug-likeness (QED) is 0.0678. The van der Waals surface area contributed by atoms with Crippen molar-refractivity contribution in [1.82, 2.24) is 10.6 Å². The highest BCUT2D eigenvalue weighted by Gasteiger charge is 2.59. The summed E-state index contributed by atoms with van der Waals surface area (Å²) in [6, 6.07) is 0. The molecule has 0 saturated heterocycles. The van der Waals surface area contributed by atoms with E-state index in [-0.39, 0.29) is 22.6 Å². The molecule has 3 fully saturated rings. The summed E-state index contributed by atoms with van der Waals surface area (Å²) in [5, 5.41) is 20.1. The summed E-state index contributed by atoms with van der Waals surface area (Å²) in [6.07, 6.45) is 13.8. The second-order valence-corrected chi connectivity index (χ2v) is 15.1. The molecule has 10 heteroatoms. The summed E-state index contributed by atoms with van der Waals surface area (Å²) >= 11 is 0. The minimum absolute atomic E-state index is 0.0328. The summed E-state index contributed by atoms with van der Waals surface area (Å²) in [6.45, 7) is 12.2. The van der Waals surface area contributed by atoms with Gasteiger partial charge in [-0.1, -0.05) is 32.4 Å². The fourth-order valence-electron chi connectivity index (χ4n) is 9.43. The first-order chi connectivity index (χ1) is 20.0. The molecule has 42 heavy (non-hydrogen) atoms. The number of hydrogen-bond acceptors (Lipinski definition) is 8. The van der Waals surface area contributed by atoms with E-state index in [9.17, 15) is 18.1 Å². The van der Waals surface area contributed by atoms with Crippen molar-refractivity contribution in [3.05, 3.63) is 11.6 Å². The molecule has 5 N–H and O–H groups in total. The molecule has 1 unspecified atom stereocenters. The molecule has 0 heterocycles. The number of allylic oxidation sites excluding steroid dienone is 1. The van der Waals surface area contributed by atoms with Crippen LogP contribution in [-0.2, 0) is 14.6 Å². The highest BCUT2D eigenvalue weighted by Crippen LogP contribution is 2.67. The predicted octanol–water partition coefficient (Wildman–Crippen LogP) is 3.85. The highest BCUT2D eigenvalue weighted by molar-refractivity contribution is 7.80. The largest absolute Gasteiger partial charge is 0.862 e. The second-order valence-electron chi connectivity index (χ2n) is 14.1. The van der Waals surface area contributed by atoms with E-state index in [4.69, 9.17) is 9.92 Å². The van der Waals surface area contributed by atoms with Crippen LogP contribution >= 0.6 is 0 Å². The molecule has 0 bridgehead atoms. The summed E-state index contributed by atoms with van der Waals surface area (Å²) in [7, 11) is -4.43. The van der Waals surface area contributed by atoms with E-state index in [1.807, 2.05) is 0 Å². The topological polar surface area (TPSA) is 149 Å². The number of nitrogens with one attached hydrogen (secondary N) is 2. The lowest BCUT2D eigenvalue weighted by molar-refractivity contribution is -0.227. The number of nitrogens with two attached hydrogens (primary N) is 1. The predicted molar refractivity (Wildman–Crippen MR) is 166 cm³/mol. The van der Waals surface area contributed by atoms with Crippen LogP contribution < -0.4 is 21.5 Å². The van der Waals surface area contributed by atoms with Gasteiger partial charge in [-0.05, 0) is 156 Å². The van der Waals surface area contributed by atoms with Gasteiger partial charge < -0.3 is 26.5 Å². The number of aliphatic imine (C=N–C) groups is 1. The van der Waals surface area contributed by atoms with Gasteiger partial charge in [-0.3, -0.25) is 4.55 Å². The molecule has 0 spiro atoms. The Bertz CT molecular complexity index is 1050. The minimum atomic E-state index is -4.43. The molecular formula is C32H57N4O5S-. The smallest absolute Gasteiger partial charge is 0.397 e. The minimum Gasteiger partial charge on any atom is -0.862 e. The maximum Gasteiger partial charge on any atom is 0.397 e. The van der Waals surface area contributed by atoms with E-state index in [0.717, 1.165) is 90.5 Å². The van der Waals surface area contributed by atoms with Crippen LogP contribution in [-0.4, -0.2) is 64.2 Å². The van der Waals surface area contributed by atoms with Crippen molar-refractivity contribution in [3.63, 3.8) is 0 Å². The van der Waals surface area contributed by atoms with Gasteiger partial charge in [0, 0.05) is 6.54 Å². The van der Waals surface area contributed by atoms with Gasteiger partial charge in [0.1, 0.15) is 0 Å². The van der Waals surface area contributed by atoms with Gasteiger partial charge in [-0.25, -0.2) is 4.18 Å². The van der Waals surface area contributed by atoms with Crippen LogP contribution in [0.1, 0.15) is 97.8 Å². The van der Waals surface area contributed by atoms with Crippen molar-refractivity contribution in [1.29, 1.82) is 0 Å². The van der Waals surface area contributed by atoms with Crippen LogP contribution in [0.5, 0.6) is 0 Å². The third-order valence-corrected chi connectivity index (χ3v) is 12.2. The molecule has 0 aromatic heterocycles. The SMILES string of the molecule is CC(C([O-])=NCCCNCCCCNCCCN)[C@H]1CC[C@H]2[C@@H]3CC=C4C[C@@H](OS(=O)(=O)O)CC[C@]4(C)[C@H]3CC[C@]12C. The zero-order valence-corrected chi connectivity index (χ0v) is 27.1. The van der Waals surface area contributed by atoms with Crippen molar-refractivity contribution in [2.24, 2.45) is 51.1 Å². The van der Waals surface area contributed by atoms with Crippen LogP contribution in [0, 0.1) is 40.4 Å². The lowest BCUT2D eigenvalue weighted by Gasteiger charge is -2.58. The second kappa shape index (κ2) is 14.8. The Morgan fingerprint density at radius 3 is 2.45 bits per heavy atom. The number of rotatable bonds is 16. The number of nitrogens with zero attached hydrogens (tertiary/aromatic N) is 1. The molecule has 4 aliphatic rings. The van der Waals surface area contributed by atoms with Crippen LogP contribution in [0.3, 0.4) is 0 Å². The van der Waals surface area contributed by atoms with Crippen LogP contribution in [0.4, 0.5) is 0 Å². The summed E-state index contributed by atoms with van der Waals surface area (Å²) in [5.74, 6) is 2.23. The lowest BCUT2D eigenvalue weighted by Crippen LogP contribution is -2.51. The van der Waals surface area contributed by atoms with E-state index in [1.165, 1.54) is 12.0 Å². The average Bonchev–Trinajstić information content (AvgIpc) is 3.29. The van der Waals surface area contributed by atoms with Gasteiger partial charge in [-0.15, -0.1) is 0 Å². The lowest BCUT2D eigenvalue weighted by atomic mass is 9.47. The zero-order chi connectivity index (χ0) is 30.4. The molecule has 0 aromatic rings. The van der Waals surface area contributed by atoms with Crippen molar-refractivity contribution >= 4 is 16.3 Å². The molecule has 0 aliphatic heterocycles. The third-order valence-electron chi connectivity index (χ3n) is 11.7. The van der Waals surface area contributed by atoms with E-state index < -0.39 is 16.5 Å². The molecular weight excluding hydrogens is 552 g/mol. The monoisotopic (exact) mass is 609 g/mol. The molecule has 0 amide bonds. The fourth-order valence-corrected chi connectivity index (χ4v) is 9.94. The van der Waals surface area contributed by atoms with E-state index in [2.05, 4.69) is 42.5 Å². The molecule has 3 saturated carbocycles. The van der Waals surface area contributed by atoms with Gasteiger partial charge in [0.05, 0.1) is 6.10 Å².